The largest absolute Gasteiger partial charge is 0.480 e. The smallest absolute Gasteiger partial charge is 0.412 e. The topological polar surface area (TPSA) is 118 Å². The molecule has 0 aliphatic heterocycles. The molecular weight excluding hydrogens is 434 g/mol. The van der Waals surface area contributed by atoms with Gasteiger partial charge in [-0.15, -0.1) is 6.58 Å². The number of nitrogens with zero attached hydrogens (tertiary/aromatic N) is 1. The lowest BCUT2D eigenvalue weighted by molar-refractivity contribution is -0.139. The first-order valence-corrected chi connectivity index (χ1v) is 10.7. The van der Waals surface area contributed by atoms with E-state index >= 15 is 0 Å². The minimum absolute atomic E-state index is 0.0354. The van der Waals surface area contributed by atoms with Crippen LogP contribution in [0.3, 0.4) is 0 Å². The molecule has 8 heteroatoms. The van der Waals surface area contributed by atoms with Gasteiger partial charge in [-0.05, 0) is 40.8 Å². The van der Waals surface area contributed by atoms with Gasteiger partial charge < -0.3 is 15.2 Å². The van der Waals surface area contributed by atoms with E-state index in [1.807, 2.05) is 36.4 Å². The first-order chi connectivity index (χ1) is 16.5. The second kappa shape index (κ2) is 9.99. The summed E-state index contributed by atoms with van der Waals surface area (Å²) in [5.41, 5.74) is 4.42. The van der Waals surface area contributed by atoms with Gasteiger partial charge in [-0.25, -0.2) is 14.6 Å². The number of carbonyl (C=O) groups excluding carboxylic acids is 2. The summed E-state index contributed by atoms with van der Waals surface area (Å²) in [5.74, 6) is -1.83. The van der Waals surface area contributed by atoms with Crippen molar-refractivity contribution in [2.45, 2.75) is 18.4 Å². The monoisotopic (exact) mass is 457 g/mol. The molecule has 8 nitrogen and oxygen atoms in total. The summed E-state index contributed by atoms with van der Waals surface area (Å²) < 4.78 is 5.49. The van der Waals surface area contributed by atoms with Gasteiger partial charge in [0.25, 0.3) is 5.91 Å². The number of rotatable bonds is 8. The van der Waals surface area contributed by atoms with Crippen LogP contribution in [-0.4, -0.2) is 40.7 Å². The van der Waals surface area contributed by atoms with E-state index in [1.165, 1.54) is 24.3 Å². The number of hydrogen-bond acceptors (Lipinski definition) is 5. The van der Waals surface area contributed by atoms with E-state index < -0.39 is 24.0 Å². The van der Waals surface area contributed by atoms with Crippen LogP contribution in [0.1, 0.15) is 34.0 Å². The van der Waals surface area contributed by atoms with Crippen molar-refractivity contribution in [2.24, 2.45) is 0 Å². The molecule has 1 aromatic heterocycles. The molecule has 0 bridgehead atoms. The van der Waals surface area contributed by atoms with Crippen molar-refractivity contribution in [1.29, 1.82) is 0 Å². The number of aliphatic carboxylic acids is 1. The van der Waals surface area contributed by atoms with Crippen molar-refractivity contribution in [3.63, 3.8) is 0 Å². The van der Waals surface area contributed by atoms with E-state index in [-0.39, 0.29) is 30.5 Å². The van der Waals surface area contributed by atoms with Crippen LogP contribution in [0.5, 0.6) is 0 Å². The van der Waals surface area contributed by atoms with Crippen molar-refractivity contribution in [3.05, 3.63) is 96.2 Å². The van der Waals surface area contributed by atoms with Crippen LogP contribution in [0.15, 0.2) is 79.4 Å². The third-order valence-electron chi connectivity index (χ3n) is 5.56. The maximum Gasteiger partial charge on any atom is 0.412 e. The zero-order valence-corrected chi connectivity index (χ0v) is 18.2. The van der Waals surface area contributed by atoms with Gasteiger partial charge in [0, 0.05) is 5.92 Å². The molecular formula is C26H23N3O5. The average Bonchev–Trinajstić information content (AvgIpc) is 3.16. The molecule has 1 unspecified atom stereocenters. The summed E-state index contributed by atoms with van der Waals surface area (Å²) >= 11 is 0. The van der Waals surface area contributed by atoms with Gasteiger partial charge in [0.05, 0.1) is 0 Å². The number of carbonyl (C=O) groups is 3. The zero-order chi connectivity index (χ0) is 24.1. The second-order valence-corrected chi connectivity index (χ2v) is 7.75. The fraction of sp³-hybridized carbons (Fsp3) is 0.154. The molecule has 3 aromatic rings. The Kier molecular flexibility index (Phi) is 6.68. The molecule has 172 valence electrons. The van der Waals surface area contributed by atoms with Crippen LogP contribution in [0, 0.1) is 0 Å². The van der Waals surface area contributed by atoms with Crippen LogP contribution >= 0.6 is 0 Å². The van der Waals surface area contributed by atoms with E-state index in [2.05, 4.69) is 34.3 Å². The predicted molar refractivity (Wildman–Crippen MR) is 127 cm³/mol. The lowest BCUT2D eigenvalue weighted by Crippen LogP contribution is -2.40. The van der Waals surface area contributed by atoms with Gasteiger partial charge in [0.2, 0.25) is 0 Å². The Hall–Kier alpha value is -4.46. The quantitative estimate of drug-likeness (QED) is 0.437. The van der Waals surface area contributed by atoms with Gasteiger partial charge in [-0.2, -0.15) is 0 Å². The minimum atomic E-state index is -1.18. The number of aromatic nitrogens is 1. The summed E-state index contributed by atoms with van der Waals surface area (Å²) in [6.07, 6.45) is 0.766. The molecule has 0 saturated heterocycles. The lowest BCUT2D eigenvalue weighted by Gasteiger charge is -2.15. The number of anilines is 1. The first-order valence-electron chi connectivity index (χ1n) is 10.7. The molecule has 1 aliphatic carbocycles. The Bertz CT molecular complexity index is 1210. The highest BCUT2D eigenvalue weighted by Crippen LogP contribution is 2.44. The maximum atomic E-state index is 12.5. The van der Waals surface area contributed by atoms with E-state index in [0.29, 0.717) is 0 Å². The third-order valence-corrected chi connectivity index (χ3v) is 5.56. The Balaban J connectivity index is 1.40. The molecule has 2 aromatic carbocycles. The summed E-state index contributed by atoms with van der Waals surface area (Å²) in [5, 5.41) is 14.1. The maximum absolute atomic E-state index is 12.5. The molecule has 0 radical (unpaired) electrons. The van der Waals surface area contributed by atoms with E-state index in [1.54, 1.807) is 0 Å². The number of carboxylic acid groups (broad SMARTS) is 1. The van der Waals surface area contributed by atoms with Gasteiger partial charge in [0.15, 0.2) is 0 Å². The number of amides is 2. The fourth-order valence-electron chi connectivity index (χ4n) is 3.99. The normalized spacial score (nSPS) is 12.7. The number of carboxylic acids is 1. The Morgan fingerprint density at radius 1 is 1.00 bits per heavy atom. The van der Waals surface area contributed by atoms with E-state index in [0.717, 1.165) is 22.3 Å². The molecule has 34 heavy (non-hydrogen) atoms. The molecule has 3 N–H and O–H groups in total. The SMILES string of the molecule is C=CCC(NC(=O)c1cccc(NC(=O)OCC2c3ccccc3-c3ccccc32)n1)C(=O)O. The fourth-order valence-corrected chi connectivity index (χ4v) is 3.99. The van der Waals surface area contributed by atoms with Crippen LogP contribution in [0.2, 0.25) is 0 Å². The second-order valence-electron chi connectivity index (χ2n) is 7.75. The highest BCUT2D eigenvalue weighted by atomic mass is 16.5. The zero-order valence-electron chi connectivity index (χ0n) is 18.2. The van der Waals surface area contributed by atoms with Crippen molar-refractivity contribution in [3.8, 4) is 11.1 Å². The standard InChI is InChI=1S/C26H23N3O5/c1-2-8-22(25(31)32)28-24(30)21-13-7-14-23(27-21)29-26(33)34-15-20-18-11-5-3-9-16(18)17-10-4-6-12-19(17)20/h2-7,9-14,20,22H,1,8,15H2,(H,28,30)(H,31,32)(H,27,29,33). The lowest BCUT2D eigenvalue weighted by atomic mass is 9.98. The van der Waals surface area contributed by atoms with Crippen LogP contribution < -0.4 is 10.6 Å². The van der Waals surface area contributed by atoms with Gasteiger partial charge in [-0.1, -0.05) is 60.7 Å². The Morgan fingerprint density at radius 3 is 2.26 bits per heavy atom. The summed E-state index contributed by atoms with van der Waals surface area (Å²) in [6.45, 7) is 3.63. The van der Waals surface area contributed by atoms with Crippen molar-refractivity contribution in [2.75, 3.05) is 11.9 Å². The third kappa shape index (κ3) is 4.80. The number of ether oxygens (including phenoxy) is 1. The number of nitrogens with one attached hydrogen (secondary N) is 2. The summed E-state index contributed by atoms with van der Waals surface area (Å²) in [6, 6.07) is 19.4. The summed E-state index contributed by atoms with van der Waals surface area (Å²) in [7, 11) is 0. The van der Waals surface area contributed by atoms with Crippen molar-refractivity contribution in [1.82, 2.24) is 10.3 Å². The molecule has 2 amide bonds. The van der Waals surface area contributed by atoms with Gasteiger partial charge >= 0.3 is 12.1 Å². The van der Waals surface area contributed by atoms with Crippen LogP contribution in [-0.2, 0) is 9.53 Å². The number of benzene rings is 2. The number of pyridine rings is 1. The summed E-state index contributed by atoms with van der Waals surface area (Å²) in [4.78, 5) is 40.2. The average molecular weight is 457 g/mol. The number of fused-ring (bicyclic) bond motifs is 3. The molecule has 0 fully saturated rings. The van der Waals surface area contributed by atoms with Crippen molar-refractivity contribution >= 4 is 23.8 Å². The van der Waals surface area contributed by atoms with Gasteiger partial charge in [-0.3, -0.25) is 10.1 Å². The molecule has 4 rings (SSSR count). The Labute approximate surface area is 196 Å². The highest BCUT2D eigenvalue weighted by molar-refractivity contribution is 5.95. The molecule has 1 atom stereocenters. The molecule has 0 spiro atoms. The van der Waals surface area contributed by atoms with Gasteiger partial charge in [0.1, 0.15) is 24.2 Å². The first kappa shape index (κ1) is 22.7. The van der Waals surface area contributed by atoms with Crippen LogP contribution in [0.4, 0.5) is 10.6 Å². The molecule has 1 aliphatic rings. The molecule has 1 heterocycles. The Morgan fingerprint density at radius 2 is 1.65 bits per heavy atom. The van der Waals surface area contributed by atoms with Crippen LogP contribution in [0.25, 0.3) is 11.1 Å². The minimum Gasteiger partial charge on any atom is -0.480 e. The highest BCUT2D eigenvalue weighted by Gasteiger charge is 2.29. The number of hydrogen-bond donors (Lipinski definition) is 3. The van der Waals surface area contributed by atoms with E-state index in [9.17, 15) is 19.5 Å². The van der Waals surface area contributed by atoms with E-state index in [4.69, 9.17) is 4.74 Å². The molecule has 0 saturated carbocycles. The van der Waals surface area contributed by atoms with Crippen molar-refractivity contribution < 1.29 is 24.2 Å². The predicted octanol–water partition coefficient (Wildman–Crippen LogP) is 4.20.